The Morgan fingerprint density at radius 1 is 1.13 bits per heavy atom. The van der Waals surface area contributed by atoms with Crippen LogP contribution in [0.5, 0.6) is 0 Å². The predicted octanol–water partition coefficient (Wildman–Crippen LogP) is 3.87. The summed E-state index contributed by atoms with van der Waals surface area (Å²) in [4.78, 5) is 26.1. The SMILES string of the molecule is C=C1c2ccc(C(C)=O)cc2C(=O)N1c1cc(NC)ccc1C. The first-order chi connectivity index (χ1) is 10.9. The van der Waals surface area contributed by atoms with Gasteiger partial charge in [0.2, 0.25) is 0 Å². The van der Waals surface area contributed by atoms with Gasteiger partial charge in [0, 0.05) is 23.9 Å². The van der Waals surface area contributed by atoms with Crippen molar-refractivity contribution in [1.29, 1.82) is 0 Å². The molecule has 1 heterocycles. The summed E-state index contributed by atoms with van der Waals surface area (Å²) in [6.45, 7) is 7.53. The molecule has 2 aromatic rings. The minimum absolute atomic E-state index is 0.0574. The van der Waals surface area contributed by atoms with E-state index >= 15 is 0 Å². The Hall–Kier alpha value is -2.88. The summed E-state index contributed by atoms with van der Waals surface area (Å²) < 4.78 is 0. The first-order valence-corrected chi connectivity index (χ1v) is 7.41. The number of fused-ring (bicyclic) bond motifs is 1. The third kappa shape index (κ3) is 2.32. The van der Waals surface area contributed by atoms with Crippen molar-refractivity contribution in [1.82, 2.24) is 0 Å². The average molecular weight is 306 g/mol. The van der Waals surface area contributed by atoms with E-state index in [1.54, 1.807) is 23.1 Å². The predicted molar refractivity (Wildman–Crippen MR) is 93.0 cm³/mol. The molecule has 0 unspecified atom stereocenters. The number of hydrogen-bond donors (Lipinski definition) is 1. The topological polar surface area (TPSA) is 49.4 Å². The molecule has 4 nitrogen and oxygen atoms in total. The molecule has 0 spiro atoms. The van der Waals surface area contributed by atoms with Gasteiger partial charge in [0.25, 0.3) is 5.91 Å². The molecule has 0 saturated carbocycles. The molecule has 1 amide bonds. The zero-order valence-corrected chi connectivity index (χ0v) is 13.4. The zero-order valence-electron chi connectivity index (χ0n) is 13.4. The van der Waals surface area contributed by atoms with Crippen molar-refractivity contribution in [3.8, 4) is 0 Å². The van der Waals surface area contributed by atoms with Gasteiger partial charge in [0.1, 0.15) is 0 Å². The fourth-order valence-electron chi connectivity index (χ4n) is 2.82. The van der Waals surface area contributed by atoms with Gasteiger partial charge in [-0.25, -0.2) is 0 Å². The number of aryl methyl sites for hydroxylation is 1. The Bertz CT molecular complexity index is 852. The summed E-state index contributed by atoms with van der Waals surface area (Å²) in [6.07, 6.45) is 0. The molecule has 0 fully saturated rings. The Balaban J connectivity index is 2.12. The Kier molecular flexibility index (Phi) is 3.52. The lowest BCUT2D eigenvalue weighted by Crippen LogP contribution is -2.23. The molecule has 0 aromatic heterocycles. The molecule has 1 N–H and O–H groups in total. The van der Waals surface area contributed by atoms with Gasteiger partial charge in [-0.3, -0.25) is 14.5 Å². The number of carbonyl (C=O) groups excluding carboxylic acids is 2. The molecular weight excluding hydrogens is 288 g/mol. The van der Waals surface area contributed by atoms with Crippen LogP contribution in [-0.2, 0) is 0 Å². The van der Waals surface area contributed by atoms with E-state index in [2.05, 4.69) is 11.9 Å². The average Bonchev–Trinajstić information content (AvgIpc) is 2.79. The first-order valence-electron chi connectivity index (χ1n) is 7.41. The van der Waals surface area contributed by atoms with Crippen LogP contribution in [0.2, 0.25) is 0 Å². The van der Waals surface area contributed by atoms with E-state index in [0.717, 1.165) is 22.5 Å². The van der Waals surface area contributed by atoms with Gasteiger partial charge in [-0.1, -0.05) is 24.8 Å². The molecule has 1 aliphatic rings. The number of Topliss-reactive ketones (excluding diaryl/α,β-unsaturated/α-hetero) is 1. The number of ketones is 1. The fourth-order valence-corrected chi connectivity index (χ4v) is 2.82. The van der Waals surface area contributed by atoms with Gasteiger partial charge in [0.15, 0.2) is 5.78 Å². The number of benzene rings is 2. The monoisotopic (exact) mass is 306 g/mol. The van der Waals surface area contributed by atoms with E-state index in [-0.39, 0.29) is 11.7 Å². The van der Waals surface area contributed by atoms with Crippen molar-refractivity contribution < 1.29 is 9.59 Å². The molecule has 23 heavy (non-hydrogen) atoms. The van der Waals surface area contributed by atoms with Crippen LogP contribution >= 0.6 is 0 Å². The second-order valence-electron chi connectivity index (χ2n) is 5.66. The van der Waals surface area contributed by atoms with Crippen LogP contribution in [0.1, 0.15) is 38.8 Å². The van der Waals surface area contributed by atoms with E-state index in [9.17, 15) is 9.59 Å². The van der Waals surface area contributed by atoms with Crippen LogP contribution in [0.25, 0.3) is 5.70 Å². The van der Waals surface area contributed by atoms with Gasteiger partial charge in [0.05, 0.1) is 16.9 Å². The molecule has 2 aromatic carbocycles. The van der Waals surface area contributed by atoms with Gasteiger partial charge >= 0.3 is 0 Å². The normalized spacial score (nSPS) is 13.3. The van der Waals surface area contributed by atoms with Crippen LogP contribution in [0.3, 0.4) is 0 Å². The summed E-state index contributed by atoms with van der Waals surface area (Å²) in [7, 11) is 1.84. The Morgan fingerprint density at radius 3 is 2.52 bits per heavy atom. The van der Waals surface area contributed by atoms with Crippen molar-refractivity contribution in [2.45, 2.75) is 13.8 Å². The number of hydrogen-bond acceptors (Lipinski definition) is 3. The van der Waals surface area contributed by atoms with Crippen molar-refractivity contribution in [3.63, 3.8) is 0 Å². The first kappa shape index (κ1) is 15.0. The standard InChI is InChI=1S/C19H18N2O2/c1-11-5-7-15(20-4)10-18(11)21-12(2)16-8-6-14(13(3)22)9-17(16)19(21)23/h5-10,20H,2H2,1,3-4H3. The third-order valence-corrected chi connectivity index (χ3v) is 4.18. The van der Waals surface area contributed by atoms with E-state index in [4.69, 9.17) is 0 Å². The molecule has 116 valence electrons. The van der Waals surface area contributed by atoms with E-state index in [1.807, 2.05) is 32.2 Å². The van der Waals surface area contributed by atoms with Gasteiger partial charge in [-0.15, -0.1) is 0 Å². The lowest BCUT2D eigenvalue weighted by Gasteiger charge is -2.20. The van der Waals surface area contributed by atoms with Crippen molar-refractivity contribution >= 4 is 28.8 Å². The maximum Gasteiger partial charge on any atom is 0.263 e. The van der Waals surface area contributed by atoms with Crippen LogP contribution in [0.15, 0.2) is 43.0 Å². The Labute approximate surface area is 135 Å². The Morgan fingerprint density at radius 2 is 1.87 bits per heavy atom. The summed E-state index contributed by atoms with van der Waals surface area (Å²) in [5.41, 5.74) is 5.17. The number of carbonyl (C=O) groups is 2. The van der Waals surface area contributed by atoms with Gasteiger partial charge in [-0.2, -0.15) is 0 Å². The molecule has 0 aliphatic carbocycles. The lowest BCUT2D eigenvalue weighted by atomic mass is 10.0. The molecular formula is C19H18N2O2. The fraction of sp³-hybridized carbons (Fsp3) is 0.158. The maximum atomic E-state index is 12.9. The molecule has 1 aliphatic heterocycles. The highest BCUT2D eigenvalue weighted by Crippen LogP contribution is 2.38. The molecule has 4 heteroatoms. The summed E-state index contributed by atoms with van der Waals surface area (Å²) in [5.74, 6) is -0.206. The molecule has 3 rings (SSSR count). The van der Waals surface area contributed by atoms with Crippen molar-refractivity contribution in [3.05, 3.63) is 65.2 Å². The highest BCUT2D eigenvalue weighted by Gasteiger charge is 2.33. The largest absolute Gasteiger partial charge is 0.388 e. The summed E-state index contributed by atoms with van der Waals surface area (Å²) >= 11 is 0. The number of nitrogens with zero attached hydrogens (tertiary/aromatic N) is 1. The number of amides is 1. The number of rotatable bonds is 3. The number of nitrogens with one attached hydrogen (secondary N) is 1. The maximum absolute atomic E-state index is 12.9. The van der Waals surface area contributed by atoms with Crippen LogP contribution in [-0.4, -0.2) is 18.7 Å². The zero-order chi connectivity index (χ0) is 16.7. The summed E-state index contributed by atoms with van der Waals surface area (Å²) in [5, 5.41) is 3.08. The van der Waals surface area contributed by atoms with Crippen molar-refractivity contribution in [2.24, 2.45) is 0 Å². The molecule has 0 radical (unpaired) electrons. The lowest BCUT2D eigenvalue weighted by molar-refractivity contribution is 0.101. The second-order valence-corrected chi connectivity index (χ2v) is 5.66. The number of anilines is 2. The smallest absolute Gasteiger partial charge is 0.263 e. The quantitative estimate of drug-likeness (QED) is 0.876. The van der Waals surface area contributed by atoms with Gasteiger partial charge < -0.3 is 5.32 Å². The molecule has 0 bridgehead atoms. The highest BCUT2D eigenvalue weighted by molar-refractivity contribution is 6.23. The van der Waals surface area contributed by atoms with Crippen molar-refractivity contribution in [2.75, 3.05) is 17.3 Å². The van der Waals surface area contributed by atoms with Gasteiger partial charge in [-0.05, 0) is 37.6 Å². The third-order valence-electron chi connectivity index (χ3n) is 4.18. The van der Waals surface area contributed by atoms with Crippen LogP contribution in [0, 0.1) is 6.92 Å². The van der Waals surface area contributed by atoms with E-state index in [0.29, 0.717) is 16.8 Å². The van der Waals surface area contributed by atoms with Crippen LogP contribution < -0.4 is 10.2 Å². The minimum Gasteiger partial charge on any atom is -0.388 e. The van der Waals surface area contributed by atoms with E-state index < -0.39 is 0 Å². The summed E-state index contributed by atoms with van der Waals surface area (Å²) in [6, 6.07) is 11.0. The molecule has 0 saturated heterocycles. The second kappa shape index (κ2) is 5.39. The van der Waals surface area contributed by atoms with E-state index in [1.165, 1.54) is 6.92 Å². The minimum atomic E-state index is -0.149. The molecule has 0 atom stereocenters. The van der Waals surface area contributed by atoms with Crippen LogP contribution in [0.4, 0.5) is 11.4 Å². The highest BCUT2D eigenvalue weighted by atomic mass is 16.2.